The summed E-state index contributed by atoms with van der Waals surface area (Å²) >= 11 is 3.62. The summed E-state index contributed by atoms with van der Waals surface area (Å²) in [6.07, 6.45) is 1.06. The molecule has 0 N–H and O–H groups in total. The molecule has 1 unspecified atom stereocenters. The van der Waals surface area contributed by atoms with Crippen molar-refractivity contribution in [2.75, 3.05) is 0 Å². The van der Waals surface area contributed by atoms with E-state index in [1.807, 2.05) is 0 Å². The second-order valence-electron chi connectivity index (χ2n) is 5.47. The van der Waals surface area contributed by atoms with E-state index in [1.165, 1.54) is 10.9 Å². The minimum Gasteiger partial charge on any atom is -0.460 e. The predicted octanol–water partition coefficient (Wildman–Crippen LogP) is 5.19. The molecule has 0 amide bonds. The van der Waals surface area contributed by atoms with Crippen molar-refractivity contribution in [1.82, 2.24) is 0 Å². The van der Waals surface area contributed by atoms with E-state index in [0.29, 0.717) is 4.83 Å². The number of hydrogen-bond acceptors (Lipinski definition) is 1. The highest BCUT2D eigenvalue weighted by Crippen LogP contribution is 2.35. The smallest absolute Gasteiger partial charge is 0.137 e. The van der Waals surface area contributed by atoms with E-state index in [-0.39, 0.29) is 5.41 Å². The van der Waals surface area contributed by atoms with Gasteiger partial charge in [0.15, 0.2) is 0 Å². The second kappa shape index (κ2) is 4.49. The van der Waals surface area contributed by atoms with Gasteiger partial charge in [0, 0.05) is 15.6 Å². The molecule has 0 aliphatic heterocycles. The van der Waals surface area contributed by atoms with Crippen LogP contribution in [0.2, 0.25) is 0 Å². The normalized spacial score (nSPS) is 14.2. The molecule has 0 bridgehead atoms. The average molecular weight is 295 g/mol. The van der Waals surface area contributed by atoms with E-state index in [4.69, 9.17) is 4.42 Å². The summed E-state index contributed by atoms with van der Waals surface area (Å²) in [6.45, 7) is 8.74. The molecule has 17 heavy (non-hydrogen) atoms. The molecule has 0 aliphatic rings. The highest BCUT2D eigenvalue weighted by molar-refractivity contribution is 9.09. The first kappa shape index (κ1) is 12.7. The molecule has 1 nitrogen and oxygen atoms in total. The largest absolute Gasteiger partial charge is 0.460 e. The van der Waals surface area contributed by atoms with Crippen molar-refractivity contribution in [2.45, 2.75) is 44.4 Å². The van der Waals surface area contributed by atoms with Crippen molar-refractivity contribution in [3.63, 3.8) is 0 Å². The molecule has 0 aliphatic carbocycles. The molecular formula is C15H19BrO. The summed E-state index contributed by atoms with van der Waals surface area (Å²) in [5.41, 5.74) is 2.29. The van der Waals surface area contributed by atoms with E-state index >= 15 is 0 Å². The van der Waals surface area contributed by atoms with Gasteiger partial charge in [0.2, 0.25) is 0 Å². The van der Waals surface area contributed by atoms with Crippen molar-refractivity contribution >= 4 is 26.9 Å². The van der Waals surface area contributed by atoms with Gasteiger partial charge in [0.25, 0.3) is 0 Å². The first-order chi connectivity index (χ1) is 7.90. The Kier molecular flexibility index (Phi) is 3.35. The van der Waals surface area contributed by atoms with Crippen LogP contribution in [0.4, 0.5) is 0 Å². The third-order valence-electron chi connectivity index (χ3n) is 3.20. The van der Waals surface area contributed by atoms with Crippen LogP contribution in [0, 0.1) is 6.92 Å². The molecule has 1 heterocycles. The number of hydrogen-bond donors (Lipinski definition) is 0. The van der Waals surface area contributed by atoms with Crippen LogP contribution < -0.4 is 0 Å². The first-order valence-electron chi connectivity index (χ1n) is 6.04. The summed E-state index contributed by atoms with van der Waals surface area (Å²) in [4.78, 5) is 0.492. The van der Waals surface area contributed by atoms with Crippen LogP contribution in [0.3, 0.4) is 0 Å². The predicted molar refractivity (Wildman–Crippen MR) is 77.0 cm³/mol. The maximum absolute atomic E-state index is 6.04. The van der Waals surface area contributed by atoms with E-state index in [9.17, 15) is 0 Å². The van der Waals surface area contributed by atoms with Gasteiger partial charge in [0.1, 0.15) is 11.3 Å². The molecule has 2 rings (SSSR count). The zero-order valence-electron chi connectivity index (χ0n) is 10.9. The van der Waals surface area contributed by atoms with Crippen LogP contribution in [-0.4, -0.2) is 4.83 Å². The number of furan rings is 1. The molecular weight excluding hydrogens is 276 g/mol. The van der Waals surface area contributed by atoms with Crippen molar-refractivity contribution in [3.05, 3.63) is 35.6 Å². The number of fused-ring (bicyclic) bond motifs is 1. The number of rotatable bonds is 3. The van der Waals surface area contributed by atoms with Gasteiger partial charge in [0.05, 0.1) is 0 Å². The second-order valence-corrected chi connectivity index (χ2v) is 7.04. The molecule has 92 valence electrons. The Labute approximate surface area is 111 Å². The molecule has 1 atom stereocenters. The van der Waals surface area contributed by atoms with E-state index < -0.39 is 0 Å². The topological polar surface area (TPSA) is 13.1 Å². The number of alkyl halides is 1. The molecule has 0 fully saturated rings. The molecule has 0 saturated carbocycles. The maximum Gasteiger partial charge on any atom is 0.137 e. The quantitative estimate of drug-likeness (QED) is 0.710. The zero-order valence-corrected chi connectivity index (χ0v) is 12.5. The van der Waals surface area contributed by atoms with Crippen molar-refractivity contribution in [3.8, 4) is 0 Å². The Morgan fingerprint density at radius 3 is 2.65 bits per heavy atom. The van der Waals surface area contributed by atoms with Crippen LogP contribution >= 0.6 is 15.9 Å². The summed E-state index contributed by atoms with van der Waals surface area (Å²) in [5, 5.41) is 1.20. The lowest BCUT2D eigenvalue weighted by atomic mass is 9.85. The van der Waals surface area contributed by atoms with Gasteiger partial charge < -0.3 is 4.42 Å². The summed E-state index contributed by atoms with van der Waals surface area (Å²) in [7, 11) is 0. The maximum atomic E-state index is 6.04. The fourth-order valence-electron chi connectivity index (χ4n) is 2.35. The minimum absolute atomic E-state index is 0.0639. The Morgan fingerprint density at radius 1 is 1.35 bits per heavy atom. The van der Waals surface area contributed by atoms with Crippen molar-refractivity contribution < 1.29 is 4.42 Å². The molecule has 1 aromatic carbocycles. The number of benzene rings is 1. The van der Waals surface area contributed by atoms with Gasteiger partial charge >= 0.3 is 0 Å². The van der Waals surface area contributed by atoms with Gasteiger partial charge in [-0.25, -0.2) is 0 Å². The SMILES string of the molecule is Cc1cccc2cc(C(C)(C)CC(C)Br)oc12. The van der Waals surface area contributed by atoms with Gasteiger partial charge in [-0.3, -0.25) is 0 Å². The van der Waals surface area contributed by atoms with Gasteiger partial charge in [-0.2, -0.15) is 0 Å². The highest BCUT2D eigenvalue weighted by Gasteiger charge is 2.26. The molecule has 2 heteroatoms. The fraction of sp³-hybridized carbons (Fsp3) is 0.467. The first-order valence-corrected chi connectivity index (χ1v) is 6.95. The van der Waals surface area contributed by atoms with E-state index in [1.54, 1.807) is 0 Å². The number of para-hydroxylation sites is 1. The van der Waals surface area contributed by atoms with Crippen LogP contribution in [-0.2, 0) is 5.41 Å². The number of halogens is 1. The third-order valence-corrected chi connectivity index (χ3v) is 3.52. The van der Waals surface area contributed by atoms with E-state index in [2.05, 4.69) is 67.9 Å². The average Bonchev–Trinajstić information content (AvgIpc) is 2.61. The van der Waals surface area contributed by atoms with Crippen LogP contribution in [0.15, 0.2) is 28.7 Å². The lowest BCUT2D eigenvalue weighted by Gasteiger charge is -2.23. The molecule has 0 radical (unpaired) electrons. The van der Waals surface area contributed by atoms with Gasteiger partial charge in [-0.15, -0.1) is 0 Å². The fourth-order valence-corrected chi connectivity index (χ4v) is 3.16. The summed E-state index contributed by atoms with van der Waals surface area (Å²) < 4.78 is 6.04. The summed E-state index contributed by atoms with van der Waals surface area (Å²) in [6, 6.07) is 8.47. The van der Waals surface area contributed by atoms with Gasteiger partial charge in [-0.1, -0.05) is 54.9 Å². The Hall–Kier alpha value is -0.760. The third kappa shape index (κ3) is 2.57. The zero-order chi connectivity index (χ0) is 12.6. The monoisotopic (exact) mass is 294 g/mol. The van der Waals surface area contributed by atoms with Gasteiger partial charge in [-0.05, 0) is 25.0 Å². The summed E-state index contributed by atoms with van der Waals surface area (Å²) in [5.74, 6) is 1.08. The van der Waals surface area contributed by atoms with Crippen LogP contribution in [0.1, 0.15) is 38.5 Å². The standard InChI is InChI=1S/C15H19BrO/c1-10-6-5-7-12-8-13(17-14(10)12)15(3,4)9-11(2)16/h5-8,11H,9H2,1-4H3. The van der Waals surface area contributed by atoms with E-state index in [0.717, 1.165) is 17.8 Å². The Balaban J connectivity index is 2.46. The number of aryl methyl sites for hydroxylation is 1. The van der Waals surface area contributed by atoms with Crippen LogP contribution in [0.5, 0.6) is 0 Å². The molecule has 1 aromatic heterocycles. The lowest BCUT2D eigenvalue weighted by molar-refractivity contribution is 0.379. The Bertz CT molecular complexity index is 523. The Morgan fingerprint density at radius 2 is 2.06 bits per heavy atom. The van der Waals surface area contributed by atoms with Crippen LogP contribution in [0.25, 0.3) is 11.0 Å². The molecule has 2 aromatic rings. The minimum atomic E-state index is 0.0639. The van der Waals surface area contributed by atoms with Crippen molar-refractivity contribution in [1.29, 1.82) is 0 Å². The molecule has 0 spiro atoms. The molecule has 0 saturated heterocycles. The lowest BCUT2D eigenvalue weighted by Crippen LogP contribution is -2.19. The van der Waals surface area contributed by atoms with Crippen molar-refractivity contribution in [2.24, 2.45) is 0 Å². The highest BCUT2D eigenvalue weighted by atomic mass is 79.9.